The first-order valence-corrected chi connectivity index (χ1v) is 5.74. The van der Waals surface area contributed by atoms with E-state index in [0.717, 1.165) is 24.1 Å². The highest BCUT2D eigenvalue weighted by molar-refractivity contribution is 5.96. The van der Waals surface area contributed by atoms with Crippen molar-refractivity contribution in [2.24, 2.45) is 0 Å². The molecule has 3 nitrogen and oxygen atoms in total. The van der Waals surface area contributed by atoms with Crippen LogP contribution in [-0.4, -0.2) is 30.2 Å². The molecule has 2 rings (SSSR count). The van der Waals surface area contributed by atoms with E-state index in [1.807, 2.05) is 38.1 Å². The molecule has 0 N–H and O–H groups in total. The molecule has 1 aliphatic rings. The van der Waals surface area contributed by atoms with Crippen LogP contribution in [0.2, 0.25) is 0 Å². The normalized spacial score (nSPS) is 17.1. The maximum atomic E-state index is 12.2. The van der Waals surface area contributed by atoms with Gasteiger partial charge in [-0.3, -0.25) is 4.79 Å². The average molecular weight is 219 g/mol. The summed E-state index contributed by atoms with van der Waals surface area (Å²) in [5, 5.41) is 0. The maximum absolute atomic E-state index is 12.2. The van der Waals surface area contributed by atoms with Crippen LogP contribution >= 0.6 is 0 Å². The number of ether oxygens (including phenoxy) is 1. The zero-order chi connectivity index (χ0) is 11.5. The molecule has 1 heterocycles. The molecular formula is C13H17NO2. The van der Waals surface area contributed by atoms with Crippen LogP contribution in [0.15, 0.2) is 24.3 Å². The molecule has 3 heteroatoms. The highest BCUT2D eigenvalue weighted by Crippen LogP contribution is 2.20. The second kappa shape index (κ2) is 4.66. The maximum Gasteiger partial charge on any atom is 0.256 e. The number of benzene rings is 1. The quantitative estimate of drug-likeness (QED) is 0.778. The van der Waals surface area contributed by atoms with Crippen molar-refractivity contribution in [3.8, 4) is 0 Å². The lowest BCUT2D eigenvalue weighted by Gasteiger charge is -2.33. The van der Waals surface area contributed by atoms with Gasteiger partial charge in [0.25, 0.3) is 5.91 Å². The lowest BCUT2D eigenvalue weighted by Crippen LogP contribution is -2.44. The first kappa shape index (κ1) is 11.1. The van der Waals surface area contributed by atoms with E-state index in [0.29, 0.717) is 6.61 Å². The summed E-state index contributed by atoms with van der Waals surface area (Å²) in [4.78, 5) is 14.0. The minimum Gasteiger partial charge on any atom is -0.359 e. The number of carbonyl (C=O) groups excluding carboxylic acids is 1. The van der Waals surface area contributed by atoms with Gasteiger partial charge in [-0.1, -0.05) is 18.2 Å². The van der Waals surface area contributed by atoms with Gasteiger partial charge in [0, 0.05) is 18.7 Å². The van der Waals surface area contributed by atoms with Gasteiger partial charge in [0.1, 0.15) is 6.23 Å². The number of hydrogen-bond donors (Lipinski definition) is 0. The molecule has 0 saturated carbocycles. The largest absolute Gasteiger partial charge is 0.359 e. The van der Waals surface area contributed by atoms with Crippen LogP contribution in [0.25, 0.3) is 0 Å². The lowest BCUT2D eigenvalue weighted by atomic mass is 9.99. The van der Waals surface area contributed by atoms with Crippen LogP contribution in [0, 0.1) is 0 Å². The molecule has 1 aliphatic heterocycles. The zero-order valence-electron chi connectivity index (χ0n) is 9.77. The summed E-state index contributed by atoms with van der Waals surface area (Å²) < 4.78 is 5.47. The first-order chi connectivity index (χ1) is 7.74. The average Bonchev–Trinajstić information content (AvgIpc) is 2.30. The van der Waals surface area contributed by atoms with Gasteiger partial charge in [0.05, 0.1) is 0 Å². The Morgan fingerprint density at radius 3 is 2.94 bits per heavy atom. The van der Waals surface area contributed by atoms with Crippen LogP contribution in [0.1, 0.15) is 29.8 Å². The topological polar surface area (TPSA) is 29.5 Å². The highest BCUT2D eigenvalue weighted by atomic mass is 16.5. The predicted molar refractivity (Wildman–Crippen MR) is 62.3 cm³/mol. The predicted octanol–water partition coefficient (Wildman–Crippen LogP) is 2.07. The summed E-state index contributed by atoms with van der Waals surface area (Å²) in [5.74, 6) is 0.0859. The van der Waals surface area contributed by atoms with Gasteiger partial charge in [-0.15, -0.1) is 0 Å². The molecule has 1 aromatic rings. The molecule has 0 spiro atoms. The Kier molecular flexibility index (Phi) is 3.25. The molecule has 1 aromatic carbocycles. The van der Waals surface area contributed by atoms with E-state index in [1.54, 1.807) is 4.90 Å². The minimum absolute atomic E-state index is 0.0859. The molecule has 0 radical (unpaired) electrons. The third-order valence-electron chi connectivity index (χ3n) is 2.98. The van der Waals surface area contributed by atoms with Gasteiger partial charge < -0.3 is 9.64 Å². The van der Waals surface area contributed by atoms with E-state index in [-0.39, 0.29) is 12.1 Å². The standard InChI is InChI=1S/C13H17NO2/c1-3-16-10(2)14-9-8-11-6-4-5-7-12(11)13(14)15/h4-7,10H,3,8-9H2,1-2H3. The summed E-state index contributed by atoms with van der Waals surface area (Å²) in [5.41, 5.74) is 1.97. The molecule has 1 unspecified atom stereocenters. The van der Waals surface area contributed by atoms with Crippen molar-refractivity contribution in [3.05, 3.63) is 35.4 Å². The first-order valence-electron chi connectivity index (χ1n) is 5.74. The molecular weight excluding hydrogens is 202 g/mol. The van der Waals surface area contributed by atoms with Gasteiger partial charge in [0.2, 0.25) is 0 Å². The van der Waals surface area contributed by atoms with Crippen molar-refractivity contribution >= 4 is 5.91 Å². The van der Waals surface area contributed by atoms with Crippen LogP contribution in [0.3, 0.4) is 0 Å². The Bertz CT molecular complexity index is 389. The van der Waals surface area contributed by atoms with Crippen molar-refractivity contribution in [2.75, 3.05) is 13.2 Å². The van der Waals surface area contributed by atoms with E-state index in [1.165, 1.54) is 0 Å². The molecule has 0 bridgehead atoms. The van der Waals surface area contributed by atoms with E-state index in [4.69, 9.17) is 4.74 Å². The molecule has 1 atom stereocenters. The highest BCUT2D eigenvalue weighted by Gasteiger charge is 2.27. The van der Waals surface area contributed by atoms with Gasteiger partial charge in [0.15, 0.2) is 0 Å². The Balaban J connectivity index is 2.21. The fraction of sp³-hybridized carbons (Fsp3) is 0.462. The van der Waals surface area contributed by atoms with Crippen molar-refractivity contribution in [2.45, 2.75) is 26.5 Å². The second-order valence-corrected chi connectivity index (χ2v) is 3.96. The number of nitrogens with zero attached hydrogens (tertiary/aromatic N) is 1. The van der Waals surface area contributed by atoms with Gasteiger partial charge in [-0.25, -0.2) is 0 Å². The van der Waals surface area contributed by atoms with Crippen molar-refractivity contribution in [3.63, 3.8) is 0 Å². The third kappa shape index (κ3) is 1.95. The summed E-state index contributed by atoms with van der Waals surface area (Å²) in [6, 6.07) is 7.80. The summed E-state index contributed by atoms with van der Waals surface area (Å²) >= 11 is 0. The smallest absolute Gasteiger partial charge is 0.256 e. The summed E-state index contributed by atoms with van der Waals surface area (Å²) in [6.07, 6.45) is 0.783. The number of fused-ring (bicyclic) bond motifs is 1. The molecule has 0 fully saturated rings. The minimum atomic E-state index is -0.133. The van der Waals surface area contributed by atoms with Gasteiger partial charge in [-0.05, 0) is 31.9 Å². The lowest BCUT2D eigenvalue weighted by molar-refractivity contribution is -0.0308. The van der Waals surface area contributed by atoms with Crippen molar-refractivity contribution in [1.29, 1.82) is 0 Å². The monoisotopic (exact) mass is 219 g/mol. The Morgan fingerprint density at radius 1 is 1.44 bits per heavy atom. The fourth-order valence-corrected chi connectivity index (χ4v) is 2.12. The Hall–Kier alpha value is -1.35. The number of rotatable bonds is 3. The van der Waals surface area contributed by atoms with Gasteiger partial charge >= 0.3 is 0 Å². The summed E-state index contributed by atoms with van der Waals surface area (Å²) in [6.45, 7) is 5.25. The van der Waals surface area contributed by atoms with Gasteiger partial charge in [-0.2, -0.15) is 0 Å². The van der Waals surface area contributed by atoms with E-state index in [2.05, 4.69) is 0 Å². The van der Waals surface area contributed by atoms with Crippen LogP contribution in [-0.2, 0) is 11.2 Å². The van der Waals surface area contributed by atoms with Crippen molar-refractivity contribution < 1.29 is 9.53 Å². The fourth-order valence-electron chi connectivity index (χ4n) is 2.12. The number of hydrogen-bond acceptors (Lipinski definition) is 2. The molecule has 0 saturated heterocycles. The second-order valence-electron chi connectivity index (χ2n) is 3.96. The molecule has 0 aromatic heterocycles. The SMILES string of the molecule is CCOC(C)N1CCc2ccccc2C1=O. The summed E-state index contributed by atoms with van der Waals surface area (Å²) in [7, 11) is 0. The van der Waals surface area contributed by atoms with E-state index in [9.17, 15) is 4.79 Å². The number of carbonyl (C=O) groups is 1. The zero-order valence-corrected chi connectivity index (χ0v) is 9.77. The third-order valence-corrected chi connectivity index (χ3v) is 2.98. The molecule has 0 aliphatic carbocycles. The molecule has 1 amide bonds. The number of amides is 1. The molecule has 86 valence electrons. The molecule has 16 heavy (non-hydrogen) atoms. The van der Waals surface area contributed by atoms with E-state index >= 15 is 0 Å². The Morgan fingerprint density at radius 2 is 2.19 bits per heavy atom. The Labute approximate surface area is 96.0 Å². The van der Waals surface area contributed by atoms with Crippen LogP contribution in [0.4, 0.5) is 0 Å². The van der Waals surface area contributed by atoms with Crippen LogP contribution < -0.4 is 0 Å². The van der Waals surface area contributed by atoms with E-state index < -0.39 is 0 Å². The van der Waals surface area contributed by atoms with Crippen molar-refractivity contribution in [1.82, 2.24) is 4.90 Å². The van der Waals surface area contributed by atoms with Crippen LogP contribution in [0.5, 0.6) is 0 Å².